The Morgan fingerprint density at radius 3 is 2.39 bits per heavy atom. The quantitative estimate of drug-likeness (QED) is 0.536. The number of benzene rings is 2. The molecule has 0 fully saturated rings. The van der Waals surface area contributed by atoms with Gasteiger partial charge in [0.1, 0.15) is 5.75 Å². The topological polar surface area (TPSA) is 83.8 Å². The molecule has 0 aromatic heterocycles. The molecule has 1 aliphatic rings. The van der Waals surface area contributed by atoms with E-state index in [0.717, 1.165) is 30.4 Å². The van der Waals surface area contributed by atoms with Crippen LogP contribution in [0.4, 0.5) is 0 Å². The number of hydrogen-bond donors (Lipinski definition) is 2. The van der Waals surface area contributed by atoms with Gasteiger partial charge in [0.25, 0.3) is 0 Å². The predicted molar refractivity (Wildman–Crippen MR) is 124 cm³/mol. The standard InChI is InChI=1S/C25H32O5S/c1-4-25(2,24(26)27)30-22-13-8-18(9-14-22)6-5-7-20-11-12-21-16-19(10-15-23(20)21)17-31(3,28)29/h8-16,20,24,26-27H,4-7,17H2,1-3H3/t20?,25-/m1/s1. The zero-order valence-corrected chi connectivity index (χ0v) is 19.2. The number of fused-ring (bicyclic) bond motifs is 1. The summed E-state index contributed by atoms with van der Waals surface area (Å²) in [7, 11) is -3.03. The third-order valence-corrected chi connectivity index (χ3v) is 6.85. The van der Waals surface area contributed by atoms with E-state index in [1.165, 1.54) is 17.4 Å². The van der Waals surface area contributed by atoms with Crippen molar-refractivity contribution in [2.75, 3.05) is 6.26 Å². The summed E-state index contributed by atoms with van der Waals surface area (Å²) < 4.78 is 28.8. The molecule has 0 saturated carbocycles. The number of aliphatic hydroxyl groups is 2. The van der Waals surface area contributed by atoms with E-state index in [4.69, 9.17) is 4.74 Å². The Kier molecular flexibility index (Phi) is 7.24. The van der Waals surface area contributed by atoms with E-state index in [9.17, 15) is 18.6 Å². The molecule has 0 amide bonds. The van der Waals surface area contributed by atoms with Crippen molar-refractivity contribution in [1.82, 2.24) is 0 Å². The average Bonchev–Trinajstić information content (AvgIpc) is 3.10. The van der Waals surface area contributed by atoms with Gasteiger partial charge in [0, 0.05) is 12.2 Å². The fourth-order valence-corrected chi connectivity index (χ4v) is 4.69. The molecular formula is C25H32O5S. The van der Waals surface area contributed by atoms with Gasteiger partial charge in [-0.05, 0) is 67.0 Å². The number of aryl methyl sites for hydroxylation is 1. The van der Waals surface area contributed by atoms with Crippen LogP contribution in [0.2, 0.25) is 0 Å². The molecule has 0 bridgehead atoms. The molecule has 0 saturated heterocycles. The van der Waals surface area contributed by atoms with Gasteiger partial charge in [0.05, 0.1) is 5.75 Å². The zero-order valence-electron chi connectivity index (χ0n) is 18.4. The normalized spacial score (nSPS) is 17.5. The van der Waals surface area contributed by atoms with Gasteiger partial charge in [-0.25, -0.2) is 8.42 Å². The maximum absolute atomic E-state index is 11.5. The number of rotatable bonds is 10. The smallest absolute Gasteiger partial charge is 0.192 e. The van der Waals surface area contributed by atoms with Crippen LogP contribution in [0.3, 0.4) is 0 Å². The number of sulfone groups is 1. The molecule has 2 N–H and O–H groups in total. The van der Waals surface area contributed by atoms with Crippen LogP contribution in [0.15, 0.2) is 48.5 Å². The van der Waals surface area contributed by atoms with Gasteiger partial charge in [-0.3, -0.25) is 0 Å². The molecule has 2 aromatic rings. The van der Waals surface area contributed by atoms with E-state index in [-0.39, 0.29) is 5.75 Å². The highest BCUT2D eigenvalue weighted by atomic mass is 32.2. The van der Waals surface area contributed by atoms with Gasteiger partial charge in [-0.1, -0.05) is 49.4 Å². The van der Waals surface area contributed by atoms with Crippen LogP contribution in [0, 0.1) is 0 Å². The van der Waals surface area contributed by atoms with Crippen LogP contribution >= 0.6 is 0 Å². The first-order valence-corrected chi connectivity index (χ1v) is 12.8. The third kappa shape index (κ3) is 6.19. The lowest BCUT2D eigenvalue weighted by atomic mass is 9.93. The average molecular weight is 445 g/mol. The SMILES string of the molecule is CC[C@@](C)(Oc1ccc(CCCC2C=Cc3cc(CS(C)(=O)=O)ccc32)cc1)C(O)O. The summed E-state index contributed by atoms with van der Waals surface area (Å²) in [5.74, 6) is 1.06. The highest BCUT2D eigenvalue weighted by Crippen LogP contribution is 2.34. The van der Waals surface area contributed by atoms with E-state index in [1.807, 2.05) is 43.3 Å². The second-order valence-corrected chi connectivity index (χ2v) is 10.8. The highest BCUT2D eigenvalue weighted by molar-refractivity contribution is 7.89. The summed E-state index contributed by atoms with van der Waals surface area (Å²) in [4.78, 5) is 0. The van der Waals surface area contributed by atoms with Gasteiger partial charge < -0.3 is 14.9 Å². The highest BCUT2D eigenvalue weighted by Gasteiger charge is 2.32. The van der Waals surface area contributed by atoms with Crippen molar-refractivity contribution in [3.05, 3.63) is 70.8 Å². The number of aliphatic hydroxyl groups excluding tert-OH is 1. The van der Waals surface area contributed by atoms with E-state index in [1.54, 1.807) is 6.92 Å². The molecule has 1 unspecified atom stereocenters. The molecule has 0 heterocycles. The maximum atomic E-state index is 11.5. The molecule has 0 spiro atoms. The fraction of sp³-hybridized carbons (Fsp3) is 0.440. The zero-order chi connectivity index (χ0) is 22.6. The first kappa shape index (κ1) is 23.5. The Morgan fingerprint density at radius 2 is 1.77 bits per heavy atom. The van der Waals surface area contributed by atoms with Crippen molar-refractivity contribution < 1.29 is 23.4 Å². The summed E-state index contributed by atoms with van der Waals surface area (Å²) in [6, 6.07) is 13.8. The Labute approximate surface area is 185 Å². The van der Waals surface area contributed by atoms with Crippen molar-refractivity contribution >= 4 is 15.9 Å². The lowest BCUT2D eigenvalue weighted by Gasteiger charge is -2.31. The summed E-state index contributed by atoms with van der Waals surface area (Å²) >= 11 is 0. The molecule has 0 radical (unpaired) electrons. The Bertz CT molecular complexity index is 1020. The van der Waals surface area contributed by atoms with Gasteiger partial charge >= 0.3 is 0 Å². The summed E-state index contributed by atoms with van der Waals surface area (Å²) in [6.45, 7) is 3.54. The lowest BCUT2D eigenvalue weighted by Crippen LogP contribution is -2.44. The van der Waals surface area contributed by atoms with Crippen LogP contribution in [-0.2, 0) is 22.0 Å². The lowest BCUT2D eigenvalue weighted by molar-refractivity contribution is -0.163. The van der Waals surface area contributed by atoms with Gasteiger partial charge in [0.15, 0.2) is 21.7 Å². The van der Waals surface area contributed by atoms with Gasteiger partial charge in [0.2, 0.25) is 0 Å². The van der Waals surface area contributed by atoms with Crippen LogP contribution in [0.25, 0.3) is 6.08 Å². The fourth-order valence-electron chi connectivity index (χ4n) is 3.90. The first-order valence-electron chi connectivity index (χ1n) is 10.7. The van der Waals surface area contributed by atoms with E-state index in [0.29, 0.717) is 18.1 Å². The number of hydrogen-bond acceptors (Lipinski definition) is 5. The van der Waals surface area contributed by atoms with E-state index >= 15 is 0 Å². The summed E-state index contributed by atoms with van der Waals surface area (Å²) in [6.07, 6.45) is 7.51. The molecule has 6 heteroatoms. The van der Waals surface area contributed by atoms with E-state index in [2.05, 4.69) is 18.2 Å². The molecule has 3 rings (SSSR count). The molecule has 31 heavy (non-hydrogen) atoms. The minimum Gasteiger partial charge on any atom is -0.482 e. The molecule has 1 aliphatic carbocycles. The first-order chi connectivity index (χ1) is 14.6. The number of ether oxygens (including phenoxy) is 1. The van der Waals surface area contributed by atoms with Crippen molar-refractivity contribution in [2.24, 2.45) is 0 Å². The van der Waals surface area contributed by atoms with Crippen LogP contribution in [0.1, 0.15) is 61.3 Å². The van der Waals surface area contributed by atoms with Crippen LogP contribution < -0.4 is 4.74 Å². The van der Waals surface area contributed by atoms with Crippen molar-refractivity contribution in [2.45, 2.75) is 63.1 Å². The van der Waals surface area contributed by atoms with E-state index < -0.39 is 21.7 Å². The molecule has 5 nitrogen and oxygen atoms in total. The van der Waals surface area contributed by atoms with Crippen molar-refractivity contribution in [1.29, 1.82) is 0 Å². The monoisotopic (exact) mass is 444 g/mol. The summed E-state index contributed by atoms with van der Waals surface area (Å²) in [5, 5.41) is 19.1. The Balaban J connectivity index is 1.53. The van der Waals surface area contributed by atoms with Crippen molar-refractivity contribution in [3.63, 3.8) is 0 Å². The molecule has 0 aliphatic heterocycles. The molecule has 168 valence electrons. The molecule has 2 aromatic carbocycles. The minimum atomic E-state index is -3.03. The third-order valence-electron chi connectivity index (χ3n) is 5.99. The van der Waals surface area contributed by atoms with Crippen LogP contribution in [-0.4, -0.2) is 36.8 Å². The largest absolute Gasteiger partial charge is 0.482 e. The summed E-state index contributed by atoms with van der Waals surface area (Å²) in [5.41, 5.74) is 3.41. The maximum Gasteiger partial charge on any atom is 0.192 e. The van der Waals surface area contributed by atoms with Crippen molar-refractivity contribution in [3.8, 4) is 5.75 Å². The van der Waals surface area contributed by atoms with Crippen LogP contribution in [0.5, 0.6) is 5.75 Å². The molecular weight excluding hydrogens is 412 g/mol. The second kappa shape index (κ2) is 9.55. The van der Waals surface area contributed by atoms with Gasteiger partial charge in [-0.2, -0.15) is 0 Å². The minimum absolute atomic E-state index is 0.0766. The Morgan fingerprint density at radius 1 is 1.10 bits per heavy atom. The Hall–Kier alpha value is -2.15. The predicted octanol–water partition coefficient (Wildman–Crippen LogP) is 4.22. The van der Waals surface area contributed by atoms with Gasteiger partial charge in [-0.15, -0.1) is 0 Å². The second-order valence-electron chi connectivity index (χ2n) is 8.68. The molecule has 2 atom stereocenters. The number of allylic oxidation sites excluding steroid dienone is 1.